The van der Waals surface area contributed by atoms with Gasteiger partial charge in [0.25, 0.3) is 22.2 Å². The zero-order chi connectivity index (χ0) is 103. The van der Waals surface area contributed by atoms with Gasteiger partial charge in [-0.25, -0.2) is 92.2 Å². The molecule has 4 saturated carbocycles. The number of nitrogens with zero attached hydrogens (tertiary/aromatic N) is 21. The summed E-state index contributed by atoms with van der Waals surface area (Å²) in [6.45, 7) is 41.1. The minimum Gasteiger partial charge on any atom is -0.444 e. The van der Waals surface area contributed by atoms with Crippen molar-refractivity contribution in [3.63, 3.8) is 0 Å². The number of nitrogens with two attached hydrogens (primary N) is 1. The van der Waals surface area contributed by atoms with Crippen molar-refractivity contribution in [3.8, 4) is 17.5 Å². The van der Waals surface area contributed by atoms with Crippen molar-refractivity contribution in [3.05, 3.63) is 254 Å². The number of aromatic nitrogens is 20. The Balaban J connectivity index is 0.000000138. The first-order valence-corrected chi connectivity index (χ1v) is 52.5. The Morgan fingerprint density at radius 2 is 0.781 bits per heavy atom. The standard InChI is InChI=1S/C31H37N7O3.C26H29N7O.C18H21N5OS.C14H20N2O2.C9H12BrN.C9H10N4OS.2ClH/c1-30(2,3)24-8-7-9-25(34-24)38-26-23(27(39)37(38)22-12-13-22)17-32-28(35-26)33-21-11-10-19-14-15-36(18-20(19)16-21)29(40)41-31(4,5)6;1-26(2,3)21-5-4-6-22(30-21)33-23-20(24(34)32(33)19-9-10-19)15-28-25(31-23)29-18-8-7-16-11-12-27-14-17(16)13-18;1-18(2,3)13-6-5-7-14(20-13)23-15-12(10-19-17(21-15)25-4)16(24)22(23)11-8-9-11;1-14(2,3)18-13(17)16-7-6-10-4-5-12(15)8-11(10)9-16;1-9(2,3)7-5-4-6-8(10)11-7;1-15-9-10-4-6-7(11-9)12-13(8(6)14)5-2-3-5;;/h7-11,16-17,22H,12-15,18H2,1-6H3,(H,32,33,35);4-8,13,15,19,27H,9-12,14H2,1-3H3,(H,28,29,31);5-7,10-11H,8-9H2,1-4H3;4-5,8H,6-7,9,15H2,1-3H3;4-6H,1-3H3;4-5H,2-3H2,1H3,(H,10,11,12);2*1H. The molecule has 7 aliphatic rings. The van der Waals surface area contributed by atoms with Crippen LogP contribution in [-0.2, 0) is 70.0 Å². The number of carbonyl (C=O) groups is 2. The van der Waals surface area contributed by atoms with Crippen molar-refractivity contribution in [1.82, 2.24) is 113 Å². The van der Waals surface area contributed by atoms with Crippen LogP contribution >= 0.6 is 64.3 Å². The molecule has 0 bridgehead atoms. The van der Waals surface area contributed by atoms with Gasteiger partial charge in [0.15, 0.2) is 50.4 Å². The average Bonchev–Trinajstić information content (AvgIpc) is 1.58. The summed E-state index contributed by atoms with van der Waals surface area (Å²) < 4.78 is 24.5. The van der Waals surface area contributed by atoms with Crippen molar-refractivity contribution in [2.24, 2.45) is 0 Å². The van der Waals surface area contributed by atoms with E-state index in [1.54, 1.807) is 48.6 Å². The third kappa shape index (κ3) is 25.2. The summed E-state index contributed by atoms with van der Waals surface area (Å²) in [6.07, 6.45) is 20.5. The highest BCUT2D eigenvalue weighted by Gasteiger charge is 2.38. The normalized spacial score (nSPS) is 15.1. The maximum absolute atomic E-state index is 13.5. The number of pyridine rings is 4. The number of nitrogen functional groups attached to an aromatic ring is 1. The lowest BCUT2D eigenvalue weighted by molar-refractivity contribution is 0.0214. The van der Waals surface area contributed by atoms with Crippen LogP contribution in [0.5, 0.6) is 0 Å². The number of aromatic amines is 1. The maximum atomic E-state index is 13.5. The molecule has 22 rings (SSSR count). The lowest BCUT2D eigenvalue weighted by atomic mass is 9.92. The van der Waals surface area contributed by atoms with E-state index in [-0.39, 0.29) is 99.0 Å². The summed E-state index contributed by atoms with van der Waals surface area (Å²) in [7, 11) is 0. The van der Waals surface area contributed by atoms with Gasteiger partial charge in [0.1, 0.15) is 37.4 Å². The Hall–Kier alpha value is -12.7. The number of fused-ring (bicyclic) bond motifs is 7. The number of ether oxygens (including phenoxy) is 2. The van der Waals surface area contributed by atoms with Crippen LogP contribution in [0.4, 0.5) is 38.5 Å². The van der Waals surface area contributed by atoms with Gasteiger partial charge in [-0.15, -0.1) is 24.8 Å². The number of halogens is 3. The van der Waals surface area contributed by atoms with Crippen molar-refractivity contribution < 1.29 is 19.1 Å². The van der Waals surface area contributed by atoms with Gasteiger partial charge in [-0.1, -0.05) is 149 Å². The monoisotopic (exact) mass is 2120 g/mol. The minimum atomic E-state index is -0.542. The molecule has 0 unspecified atom stereocenters. The lowest BCUT2D eigenvalue weighted by Crippen LogP contribution is -2.39. The van der Waals surface area contributed by atoms with Gasteiger partial charge in [-0.2, -0.15) is 9.97 Å². The zero-order valence-corrected chi connectivity index (χ0v) is 91.4. The van der Waals surface area contributed by atoms with Gasteiger partial charge in [-0.3, -0.25) is 24.3 Å². The fourth-order valence-electron chi connectivity index (χ4n) is 17.1. The third-order valence-corrected chi connectivity index (χ3v) is 26.8. The number of nitrogens with one attached hydrogen (secondary N) is 4. The van der Waals surface area contributed by atoms with Gasteiger partial charge < -0.3 is 41.0 Å². The molecule has 2 amide bonds. The minimum absolute atomic E-state index is 0. The van der Waals surface area contributed by atoms with E-state index in [0.717, 1.165) is 145 Å². The van der Waals surface area contributed by atoms with Crippen LogP contribution in [0.2, 0.25) is 0 Å². The summed E-state index contributed by atoms with van der Waals surface area (Å²) in [5.41, 5.74) is 20.6. The Labute approximate surface area is 877 Å². The number of anilines is 5. The van der Waals surface area contributed by atoms with Gasteiger partial charge in [0.05, 0.1) is 24.2 Å². The molecule has 770 valence electrons. The van der Waals surface area contributed by atoms with Crippen LogP contribution in [0.1, 0.15) is 256 Å². The summed E-state index contributed by atoms with van der Waals surface area (Å²) in [5, 5.41) is 16.6. The molecular weight excluding hydrogens is 1990 g/mol. The summed E-state index contributed by atoms with van der Waals surface area (Å²) in [5.74, 6) is 2.95. The predicted molar refractivity (Wildman–Crippen MR) is 585 cm³/mol. The van der Waals surface area contributed by atoms with Gasteiger partial charge >= 0.3 is 12.2 Å². The van der Waals surface area contributed by atoms with Crippen LogP contribution in [0.15, 0.2) is 186 Å². The van der Waals surface area contributed by atoms with E-state index < -0.39 is 11.2 Å². The van der Waals surface area contributed by atoms with Crippen molar-refractivity contribution >= 4 is 150 Å². The first-order valence-electron chi connectivity index (χ1n) is 49.2. The Bertz CT molecular complexity index is 7620. The molecule has 34 nitrogen and oxygen atoms in total. The molecule has 12 aromatic heterocycles. The molecule has 39 heteroatoms. The summed E-state index contributed by atoms with van der Waals surface area (Å²) >= 11 is 6.28. The highest BCUT2D eigenvalue weighted by molar-refractivity contribution is 9.10. The average molecular weight is 2120 g/mol. The van der Waals surface area contributed by atoms with Crippen molar-refractivity contribution in [2.75, 3.05) is 48.5 Å². The zero-order valence-electron chi connectivity index (χ0n) is 86.5. The van der Waals surface area contributed by atoms with Gasteiger partial charge in [-0.05, 0) is 265 Å². The van der Waals surface area contributed by atoms with Crippen LogP contribution in [0.25, 0.3) is 61.6 Å². The van der Waals surface area contributed by atoms with E-state index >= 15 is 0 Å². The van der Waals surface area contributed by atoms with Crippen molar-refractivity contribution in [1.29, 1.82) is 0 Å². The quantitative estimate of drug-likeness (QED) is 0.0310. The van der Waals surface area contributed by atoms with E-state index in [4.69, 9.17) is 40.1 Å². The largest absolute Gasteiger partial charge is 0.444 e. The molecule has 4 fully saturated rings. The van der Waals surface area contributed by atoms with E-state index in [9.17, 15) is 28.8 Å². The van der Waals surface area contributed by atoms with Crippen LogP contribution < -0.4 is 43.9 Å². The molecule has 3 aliphatic heterocycles. The second-order valence-electron chi connectivity index (χ2n) is 43.6. The lowest BCUT2D eigenvalue weighted by Gasteiger charge is -2.31. The number of amides is 2. The molecule has 0 saturated heterocycles. The number of benzene rings is 3. The summed E-state index contributed by atoms with van der Waals surface area (Å²) in [6, 6.07) is 43.0. The van der Waals surface area contributed by atoms with E-state index in [1.807, 2.05) is 176 Å². The fraction of sp³-hybridized carbons (Fsp3) is 0.439. The summed E-state index contributed by atoms with van der Waals surface area (Å²) in [4.78, 5) is 135. The van der Waals surface area contributed by atoms with Crippen LogP contribution in [0.3, 0.4) is 0 Å². The molecule has 3 aromatic carbocycles. The number of hydrogen-bond acceptors (Lipinski definition) is 26. The number of H-pyrrole nitrogens is 1. The molecule has 6 N–H and O–H groups in total. The predicted octanol–water partition coefficient (Wildman–Crippen LogP) is 20.7. The molecule has 0 spiro atoms. The van der Waals surface area contributed by atoms with Gasteiger partial charge in [0.2, 0.25) is 11.9 Å². The second kappa shape index (κ2) is 43.4. The first kappa shape index (κ1) is 108. The molecule has 4 aliphatic carbocycles. The highest BCUT2D eigenvalue weighted by Crippen LogP contribution is 2.41. The second-order valence-corrected chi connectivity index (χ2v) is 46.0. The van der Waals surface area contributed by atoms with Crippen molar-refractivity contribution in [2.45, 2.75) is 282 Å². The molecule has 15 aromatic rings. The molecule has 0 atom stereocenters. The SMILES string of the molecule is CC(C)(C)OC(=O)N1CCc2ccc(N)cc2C1.CC(C)(C)OC(=O)N1CCc2ccc(Nc3ncc4c(=O)n(C5CC5)n(-c5cccc(C(C)(C)C)n5)c4n3)cc2C1.CC(C)(C)c1cccc(-n2c3nc(Nc4ccc5c(c4)CNCC5)ncc3c(=O)n2C2CC2)n1.CC(C)(C)c1cccc(Br)n1.CSc1ncc2c(=O)n(C3CC3)[nH]c2n1.CSc1ncc2c(=O)n(C3CC3)n(-c3cccc(C(C)(C)C)n3)c2n1.Cl.Cl. The van der Waals surface area contributed by atoms with Gasteiger partial charge in [0, 0.05) is 119 Å². The molecule has 0 radical (unpaired) electrons. The maximum Gasteiger partial charge on any atom is 0.410 e. The number of rotatable bonds is 13. The Morgan fingerprint density at radius 3 is 1.18 bits per heavy atom. The number of thioether (sulfide) groups is 2. The van der Waals surface area contributed by atoms with E-state index in [2.05, 4.69) is 179 Å². The first-order chi connectivity index (χ1) is 68.3. The number of carbonyl (C=O) groups excluding carboxylic acids is 2. The fourth-order valence-corrected chi connectivity index (χ4v) is 18.1. The van der Waals surface area contributed by atoms with E-state index in [1.165, 1.54) is 45.8 Å². The molecule has 146 heavy (non-hydrogen) atoms. The molecule has 15 heterocycles. The van der Waals surface area contributed by atoms with Crippen LogP contribution in [0, 0.1) is 0 Å². The van der Waals surface area contributed by atoms with Crippen LogP contribution in [-0.4, -0.2) is 163 Å². The van der Waals surface area contributed by atoms with E-state index in [0.29, 0.717) is 110 Å². The smallest absolute Gasteiger partial charge is 0.410 e. The Kier molecular flexibility index (Phi) is 32.0. The third-order valence-electron chi connectivity index (χ3n) is 25.3. The Morgan fingerprint density at radius 1 is 0.411 bits per heavy atom. The molecular formula is C107H131BrCl2N26O8S2. The highest BCUT2D eigenvalue weighted by atomic mass is 79.9. The topological polar surface area (TPSA) is 394 Å². The number of hydrogen-bond donors (Lipinski definition) is 5.